The minimum Gasteiger partial charge on any atom is -0.457 e. The smallest absolute Gasteiger partial charge is 0.408 e. The first-order valence-electron chi connectivity index (χ1n) is 13.6. The highest BCUT2D eigenvalue weighted by molar-refractivity contribution is 6.74. The first-order chi connectivity index (χ1) is 17.8. The van der Waals surface area contributed by atoms with Crippen LogP contribution in [0.4, 0.5) is 4.79 Å². The molecule has 0 aliphatic carbocycles. The fraction of sp³-hybridized carbons (Fsp3) is 0.724. The molecule has 1 N–H and O–H groups in total. The van der Waals surface area contributed by atoms with Crippen molar-refractivity contribution in [2.75, 3.05) is 13.2 Å². The van der Waals surface area contributed by atoms with Crippen LogP contribution in [-0.2, 0) is 39.5 Å². The standard InChI is InChI=1S/C29H49NO8Si/c1-20(31)35-25(23-19-34-29(8,9)36-23)24(38-39(10,11)28(5,6)7)22(30-26(32)37-27(2,3)4)18-33-17-21-15-13-12-14-16-21/h12-16,22-25H,17-19H2,1-11H3,(H,30,32)/t22-,23-,24-,25-/m0/s1. The van der Waals surface area contributed by atoms with Gasteiger partial charge in [-0.1, -0.05) is 51.1 Å². The van der Waals surface area contributed by atoms with E-state index < -0.39 is 56.1 Å². The molecule has 0 bridgehead atoms. The van der Waals surface area contributed by atoms with Crippen molar-refractivity contribution in [2.45, 2.75) is 123 Å². The zero-order chi connectivity index (χ0) is 29.6. The molecule has 0 saturated carbocycles. The van der Waals surface area contributed by atoms with E-state index in [2.05, 4.69) is 39.2 Å². The number of rotatable bonds is 11. The van der Waals surface area contributed by atoms with Crippen LogP contribution in [0.2, 0.25) is 18.1 Å². The van der Waals surface area contributed by atoms with Crippen LogP contribution >= 0.6 is 0 Å². The molecule has 9 nitrogen and oxygen atoms in total. The molecule has 2 rings (SSSR count). The fourth-order valence-corrected chi connectivity index (χ4v) is 5.21. The average molecular weight is 568 g/mol. The van der Waals surface area contributed by atoms with Crippen molar-refractivity contribution >= 4 is 20.4 Å². The van der Waals surface area contributed by atoms with Gasteiger partial charge in [-0.15, -0.1) is 0 Å². The predicted octanol–water partition coefficient (Wildman–Crippen LogP) is 5.57. The molecule has 1 aromatic carbocycles. The number of ether oxygens (including phenoxy) is 5. The summed E-state index contributed by atoms with van der Waals surface area (Å²) in [5.74, 6) is -1.35. The second kappa shape index (κ2) is 13.1. The van der Waals surface area contributed by atoms with E-state index in [0.29, 0.717) is 6.61 Å². The Hall–Kier alpha value is -1.98. The first-order valence-corrected chi connectivity index (χ1v) is 16.5. The van der Waals surface area contributed by atoms with Crippen LogP contribution in [0.1, 0.15) is 67.9 Å². The highest BCUT2D eigenvalue weighted by atomic mass is 28.4. The Morgan fingerprint density at radius 1 is 1.10 bits per heavy atom. The highest BCUT2D eigenvalue weighted by Crippen LogP contribution is 2.39. The number of amides is 1. The maximum absolute atomic E-state index is 13.0. The third kappa shape index (κ3) is 10.8. The van der Waals surface area contributed by atoms with Crippen LogP contribution in [0.3, 0.4) is 0 Å². The summed E-state index contributed by atoms with van der Waals surface area (Å²) in [5, 5.41) is 2.79. The van der Waals surface area contributed by atoms with E-state index in [4.69, 9.17) is 28.1 Å². The summed E-state index contributed by atoms with van der Waals surface area (Å²) >= 11 is 0. The van der Waals surface area contributed by atoms with Crippen LogP contribution in [0.25, 0.3) is 0 Å². The van der Waals surface area contributed by atoms with Crippen molar-refractivity contribution in [1.29, 1.82) is 0 Å². The van der Waals surface area contributed by atoms with Crippen LogP contribution in [0.15, 0.2) is 30.3 Å². The Morgan fingerprint density at radius 3 is 2.21 bits per heavy atom. The Bertz CT molecular complexity index is 939. The zero-order valence-electron chi connectivity index (χ0n) is 25.6. The molecule has 222 valence electrons. The molecule has 1 fully saturated rings. The topological polar surface area (TPSA) is 102 Å². The summed E-state index contributed by atoms with van der Waals surface area (Å²) in [7, 11) is -2.47. The van der Waals surface area contributed by atoms with Gasteiger partial charge in [0.1, 0.15) is 17.8 Å². The van der Waals surface area contributed by atoms with E-state index in [0.717, 1.165) is 5.56 Å². The molecule has 10 heteroatoms. The van der Waals surface area contributed by atoms with Crippen molar-refractivity contribution < 1.29 is 37.7 Å². The highest BCUT2D eigenvalue weighted by Gasteiger charge is 2.50. The van der Waals surface area contributed by atoms with Crippen molar-refractivity contribution in [3.63, 3.8) is 0 Å². The predicted molar refractivity (Wildman–Crippen MR) is 152 cm³/mol. The van der Waals surface area contributed by atoms with Crippen LogP contribution in [-0.4, -0.2) is 69.3 Å². The Balaban J connectivity index is 2.49. The third-order valence-electron chi connectivity index (χ3n) is 6.77. The van der Waals surface area contributed by atoms with Crippen molar-refractivity contribution in [1.82, 2.24) is 5.32 Å². The maximum Gasteiger partial charge on any atom is 0.408 e. The van der Waals surface area contributed by atoms with Gasteiger partial charge in [0.15, 0.2) is 20.2 Å². The largest absolute Gasteiger partial charge is 0.457 e. The van der Waals surface area contributed by atoms with Gasteiger partial charge in [0.05, 0.1) is 25.9 Å². The minimum atomic E-state index is -2.47. The summed E-state index contributed by atoms with van der Waals surface area (Å²) in [6.45, 7) is 21.5. The lowest BCUT2D eigenvalue weighted by Gasteiger charge is -2.44. The second-order valence-electron chi connectivity index (χ2n) is 13.0. The summed E-state index contributed by atoms with van der Waals surface area (Å²) < 4.78 is 36.5. The third-order valence-corrected chi connectivity index (χ3v) is 11.2. The lowest BCUT2D eigenvalue weighted by molar-refractivity contribution is -0.182. The molecule has 0 aromatic heterocycles. The number of hydrogen-bond donors (Lipinski definition) is 1. The van der Waals surface area contributed by atoms with Crippen LogP contribution < -0.4 is 5.32 Å². The molecule has 0 radical (unpaired) electrons. The molecule has 1 amide bonds. The number of nitrogens with one attached hydrogen (secondary N) is 1. The number of alkyl carbamates (subject to hydrolysis) is 1. The van der Waals surface area contributed by atoms with E-state index in [-0.39, 0.29) is 18.3 Å². The van der Waals surface area contributed by atoms with Crippen LogP contribution in [0.5, 0.6) is 0 Å². The zero-order valence-corrected chi connectivity index (χ0v) is 26.6. The van der Waals surface area contributed by atoms with Gasteiger partial charge in [0, 0.05) is 6.92 Å². The molecule has 0 spiro atoms. The van der Waals surface area contributed by atoms with Gasteiger partial charge in [-0.3, -0.25) is 4.79 Å². The fourth-order valence-electron chi connectivity index (χ4n) is 3.87. The molecular weight excluding hydrogens is 518 g/mol. The van der Waals surface area contributed by atoms with Crippen molar-refractivity contribution in [3.8, 4) is 0 Å². The lowest BCUT2D eigenvalue weighted by atomic mass is 10.0. The quantitative estimate of drug-likeness (QED) is 0.274. The van der Waals surface area contributed by atoms with Gasteiger partial charge < -0.3 is 33.4 Å². The summed E-state index contributed by atoms with van der Waals surface area (Å²) in [6, 6.07) is 9.02. The molecule has 1 aromatic rings. The average Bonchev–Trinajstić information content (AvgIpc) is 3.13. The SMILES string of the molecule is CC(=O)O[C@H]([C@@H](O[Si](C)(C)C(C)(C)C)[C@H](COCc1ccccc1)NC(=O)OC(C)(C)C)[C@@H]1COC(C)(C)O1. The van der Waals surface area contributed by atoms with Gasteiger partial charge in [0.25, 0.3) is 0 Å². The van der Waals surface area contributed by atoms with E-state index >= 15 is 0 Å². The van der Waals surface area contributed by atoms with E-state index in [1.165, 1.54) is 6.92 Å². The molecule has 1 heterocycles. The summed E-state index contributed by atoms with van der Waals surface area (Å²) in [5.41, 5.74) is 0.276. The molecule has 1 saturated heterocycles. The van der Waals surface area contributed by atoms with Crippen molar-refractivity contribution in [2.24, 2.45) is 0 Å². The van der Waals surface area contributed by atoms with Gasteiger partial charge in [-0.05, 0) is 58.3 Å². The molecule has 39 heavy (non-hydrogen) atoms. The van der Waals surface area contributed by atoms with Gasteiger partial charge in [-0.25, -0.2) is 4.79 Å². The van der Waals surface area contributed by atoms with Crippen molar-refractivity contribution in [3.05, 3.63) is 35.9 Å². The molecular formula is C29H49NO8Si. The first kappa shape index (κ1) is 33.2. The monoisotopic (exact) mass is 567 g/mol. The van der Waals surface area contributed by atoms with E-state index in [1.54, 1.807) is 34.6 Å². The van der Waals surface area contributed by atoms with Gasteiger partial charge in [0.2, 0.25) is 0 Å². The number of benzene rings is 1. The lowest BCUT2D eigenvalue weighted by Crippen LogP contribution is -2.61. The molecule has 1 aliphatic heterocycles. The van der Waals surface area contributed by atoms with E-state index in [9.17, 15) is 9.59 Å². The van der Waals surface area contributed by atoms with Crippen LogP contribution in [0, 0.1) is 0 Å². The van der Waals surface area contributed by atoms with E-state index in [1.807, 2.05) is 30.3 Å². The maximum atomic E-state index is 13.0. The number of esters is 1. The second-order valence-corrected chi connectivity index (χ2v) is 17.8. The van der Waals surface area contributed by atoms with Gasteiger partial charge >= 0.3 is 12.1 Å². The normalized spacial score (nSPS) is 20.1. The molecule has 1 aliphatic rings. The number of carbonyl (C=O) groups is 2. The number of carbonyl (C=O) groups excluding carboxylic acids is 2. The Kier molecular flexibility index (Phi) is 11.2. The minimum absolute atomic E-state index is 0.0855. The molecule has 0 unspecified atom stereocenters. The number of hydrogen-bond acceptors (Lipinski definition) is 8. The molecule has 4 atom stereocenters. The Labute approximate surface area is 235 Å². The summed E-state index contributed by atoms with van der Waals surface area (Å²) in [4.78, 5) is 25.4. The van der Waals surface area contributed by atoms with Gasteiger partial charge in [-0.2, -0.15) is 0 Å². The summed E-state index contributed by atoms with van der Waals surface area (Å²) in [6.07, 6.45) is -2.92. The Morgan fingerprint density at radius 2 is 1.72 bits per heavy atom.